The Labute approximate surface area is 180 Å². The van der Waals surface area contributed by atoms with Crippen molar-refractivity contribution in [3.05, 3.63) is 53.7 Å². The SMILES string of the molecule is CCOC(=O)c1ccc(N2CCN(C(=O)c3ccc(S(=O)(=O)NOC)cc3)CC2)nc1. The van der Waals surface area contributed by atoms with Gasteiger partial charge in [0.1, 0.15) is 5.82 Å². The smallest absolute Gasteiger partial charge is 0.339 e. The molecular weight excluding hydrogens is 424 g/mol. The Kier molecular flexibility index (Phi) is 7.21. The molecule has 1 aliphatic rings. The van der Waals surface area contributed by atoms with E-state index in [2.05, 4.69) is 9.82 Å². The number of piperazine rings is 1. The molecule has 0 atom stereocenters. The van der Waals surface area contributed by atoms with Crippen molar-refractivity contribution >= 4 is 27.7 Å². The van der Waals surface area contributed by atoms with Crippen molar-refractivity contribution in [1.82, 2.24) is 14.8 Å². The van der Waals surface area contributed by atoms with E-state index in [1.165, 1.54) is 37.6 Å². The molecule has 3 rings (SSSR count). The van der Waals surface area contributed by atoms with Gasteiger partial charge in [-0.3, -0.25) is 9.63 Å². The molecule has 1 aromatic carbocycles. The van der Waals surface area contributed by atoms with E-state index >= 15 is 0 Å². The van der Waals surface area contributed by atoms with E-state index in [-0.39, 0.29) is 10.8 Å². The molecule has 31 heavy (non-hydrogen) atoms. The van der Waals surface area contributed by atoms with Gasteiger partial charge in [-0.15, -0.1) is 0 Å². The molecule has 2 heterocycles. The first-order valence-electron chi connectivity index (χ1n) is 9.68. The van der Waals surface area contributed by atoms with Crippen LogP contribution in [-0.4, -0.2) is 70.1 Å². The number of rotatable bonds is 7. The van der Waals surface area contributed by atoms with E-state index in [1.807, 2.05) is 9.79 Å². The summed E-state index contributed by atoms with van der Waals surface area (Å²) < 4.78 is 28.8. The molecular formula is C20H24N4O6S. The van der Waals surface area contributed by atoms with Crippen molar-refractivity contribution < 1.29 is 27.6 Å². The van der Waals surface area contributed by atoms with Gasteiger partial charge < -0.3 is 14.5 Å². The summed E-state index contributed by atoms with van der Waals surface area (Å²) in [4.78, 5) is 39.0. The molecule has 1 amide bonds. The zero-order valence-electron chi connectivity index (χ0n) is 17.3. The summed E-state index contributed by atoms with van der Waals surface area (Å²) >= 11 is 0. The van der Waals surface area contributed by atoms with Crippen molar-refractivity contribution in [3.63, 3.8) is 0 Å². The summed E-state index contributed by atoms with van der Waals surface area (Å²) in [7, 11) is -2.56. The van der Waals surface area contributed by atoms with Crippen molar-refractivity contribution in [3.8, 4) is 0 Å². The largest absolute Gasteiger partial charge is 0.462 e. The average molecular weight is 449 g/mol. The number of benzene rings is 1. The highest BCUT2D eigenvalue weighted by atomic mass is 32.2. The second kappa shape index (κ2) is 9.86. The number of aromatic nitrogens is 1. The van der Waals surface area contributed by atoms with Crippen LogP contribution in [-0.2, 0) is 19.6 Å². The number of carbonyl (C=O) groups is 2. The standard InChI is InChI=1S/C20H24N4O6S/c1-3-30-20(26)16-6-9-18(21-14-16)23-10-12-24(13-11-23)19(25)15-4-7-17(8-5-15)31(27,28)22-29-2/h4-9,14,22H,3,10-13H2,1-2H3. The van der Waals surface area contributed by atoms with Crippen LogP contribution in [0, 0.1) is 0 Å². The topological polar surface area (TPSA) is 118 Å². The number of nitrogens with zero attached hydrogens (tertiary/aromatic N) is 3. The quantitative estimate of drug-likeness (QED) is 0.494. The third-order valence-electron chi connectivity index (χ3n) is 4.75. The molecule has 0 aliphatic carbocycles. The minimum Gasteiger partial charge on any atom is -0.462 e. The number of nitrogens with one attached hydrogen (secondary N) is 1. The fourth-order valence-electron chi connectivity index (χ4n) is 3.16. The van der Waals surface area contributed by atoms with Crippen LogP contribution in [0.15, 0.2) is 47.5 Å². The van der Waals surface area contributed by atoms with Crippen LogP contribution in [0.4, 0.5) is 5.82 Å². The second-order valence-corrected chi connectivity index (χ2v) is 8.37. The van der Waals surface area contributed by atoms with E-state index in [1.54, 1.807) is 24.0 Å². The zero-order chi connectivity index (χ0) is 22.4. The van der Waals surface area contributed by atoms with Crippen LogP contribution in [0.3, 0.4) is 0 Å². The third kappa shape index (κ3) is 5.37. The van der Waals surface area contributed by atoms with E-state index in [0.717, 1.165) is 5.82 Å². The van der Waals surface area contributed by atoms with E-state index in [4.69, 9.17) is 4.74 Å². The lowest BCUT2D eigenvalue weighted by atomic mass is 10.2. The van der Waals surface area contributed by atoms with Crippen LogP contribution in [0.2, 0.25) is 0 Å². The third-order valence-corrected chi connectivity index (χ3v) is 6.03. The Morgan fingerprint density at radius 1 is 1.03 bits per heavy atom. The summed E-state index contributed by atoms with van der Waals surface area (Å²) in [6, 6.07) is 9.12. The fourth-order valence-corrected chi connectivity index (χ4v) is 3.97. The summed E-state index contributed by atoms with van der Waals surface area (Å²) in [5.74, 6) is 0.142. The monoisotopic (exact) mass is 448 g/mol. The molecule has 1 saturated heterocycles. The van der Waals surface area contributed by atoms with E-state index in [9.17, 15) is 18.0 Å². The molecule has 0 unspecified atom stereocenters. The fraction of sp³-hybridized carbons (Fsp3) is 0.350. The summed E-state index contributed by atoms with van der Waals surface area (Å²) in [6.07, 6.45) is 1.49. The van der Waals surface area contributed by atoms with Gasteiger partial charge in [0.05, 0.1) is 24.2 Å². The Morgan fingerprint density at radius 2 is 1.68 bits per heavy atom. The molecule has 0 spiro atoms. The first-order chi connectivity index (χ1) is 14.9. The first-order valence-corrected chi connectivity index (χ1v) is 11.2. The van der Waals surface area contributed by atoms with Crippen molar-refractivity contribution in [1.29, 1.82) is 0 Å². The molecule has 166 valence electrons. The van der Waals surface area contributed by atoms with Crippen LogP contribution < -0.4 is 9.79 Å². The van der Waals surface area contributed by atoms with Gasteiger partial charge in [0.15, 0.2) is 0 Å². The molecule has 2 aromatic rings. The minimum atomic E-state index is -3.77. The molecule has 1 fully saturated rings. The first kappa shape index (κ1) is 22.7. The normalized spacial score (nSPS) is 14.4. The number of esters is 1. The molecule has 1 N–H and O–H groups in total. The van der Waals surface area contributed by atoms with Gasteiger partial charge in [0, 0.05) is 37.9 Å². The van der Waals surface area contributed by atoms with Crippen molar-refractivity contribution in [2.24, 2.45) is 0 Å². The Balaban J connectivity index is 1.59. The maximum Gasteiger partial charge on any atom is 0.339 e. The van der Waals surface area contributed by atoms with Crippen LogP contribution in [0.25, 0.3) is 0 Å². The zero-order valence-corrected chi connectivity index (χ0v) is 18.1. The highest BCUT2D eigenvalue weighted by Crippen LogP contribution is 2.17. The Morgan fingerprint density at radius 3 is 2.23 bits per heavy atom. The summed E-state index contributed by atoms with van der Waals surface area (Å²) in [5.41, 5.74) is 0.798. The number of anilines is 1. The Hall–Kier alpha value is -3.02. The number of amides is 1. The predicted molar refractivity (Wildman–Crippen MR) is 112 cm³/mol. The molecule has 10 nitrogen and oxygen atoms in total. The van der Waals surface area contributed by atoms with Gasteiger partial charge in [0.2, 0.25) is 0 Å². The number of hydrogen-bond acceptors (Lipinski definition) is 8. The van der Waals surface area contributed by atoms with Crippen molar-refractivity contribution in [2.45, 2.75) is 11.8 Å². The van der Waals surface area contributed by atoms with Gasteiger partial charge in [-0.05, 0) is 43.3 Å². The molecule has 1 aliphatic heterocycles. The minimum absolute atomic E-state index is 0.00746. The van der Waals surface area contributed by atoms with E-state index in [0.29, 0.717) is 43.9 Å². The lowest BCUT2D eigenvalue weighted by Crippen LogP contribution is -2.49. The molecule has 1 aromatic heterocycles. The number of sulfonamides is 1. The van der Waals surface area contributed by atoms with Gasteiger partial charge in [0.25, 0.3) is 15.9 Å². The predicted octanol–water partition coefficient (Wildman–Crippen LogP) is 1.06. The summed E-state index contributed by atoms with van der Waals surface area (Å²) in [6.45, 7) is 4.20. The Bertz CT molecular complexity index is 1020. The number of pyridine rings is 1. The molecule has 0 bridgehead atoms. The molecule has 0 saturated carbocycles. The van der Waals surface area contributed by atoms with Gasteiger partial charge in [-0.25, -0.2) is 18.2 Å². The van der Waals surface area contributed by atoms with Gasteiger partial charge in [-0.2, -0.15) is 0 Å². The van der Waals surface area contributed by atoms with E-state index < -0.39 is 16.0 Å². The molecule has 0 radical (unpaired) electrons. The van der Waals surface area contributed by atoms with Gasteiger partial charge in [-0.1, -0.05) is 4.89 Å². The lowest BCUT2D eigenvalue weighted by molar-refractivity contribution is 0.0525. The van der Waals surface area contributed by atoms with Crippen LogP contribution in [0.1, 0.15) is 27.6 Å². The molecule has 11 heteroatoms. The number of ether oxygens (including phenoxy) is 1. The summed E-state index contributed by atoms with van der Waals surface area (Å²) in [5, 5.41) is 0. The number of hydrogen-bond donors (Lipinski definition) is 1. The second-order valence-electron chi connectivity index (χ2n) is 6.72. The maximum atomic E-state index is 12.8. The highest BCUT2D eigenvalue weighted by molar-refractivity contribution is 7.89. The number of carbonyl (C=O) groups excluding carboxylic acids is 2. The van der Waals surface area contributed by atoms with Crippen LogP contribution >= 0.6 is 0 Å². The highest BCUT2D eigenvalue weighted by Gasteiger charge is 2.24. The average Bonchev–Trinajstić information content (AvgIpc) is 2.79. The maximum absolute atomic E-state index is 12.8. The van der Waals surface area contributed by atoms with Gasteiger partial charge >= 0.3 is 5.97 Å². The van der Waals surface area contributed by atoms with Crippen molar-refractivity contribution in [2.75, 3.05) is 44.8 Å². The van der Waals surface area contributed by atoms with Crippen LogP contribution in [0.5, 0.6) is 0 Å². The lowest BCUT2D eigenvalue weighted by Gasteiger charge is -2.35.